The molecular weight excluding hydrogens is 438 g/mol. The second-order valence-electron chi connectivity index (χ2n) is 6.38. The maximum atomic E-state index is 6.28. The number of hydrogen-bond acceptors (Lipinski definition) is 4. The summed E-state index contributed by atoms with van der Waals surface area (Å²) in [7, 11) is 0. The van der Waals surface area contributed by atoms with Gasteiger partial charge in [0.25, 0.3) is 0 Å². The molecule has 1 N–H and O–H groups in total. The van der Waals surface area contributed by atoms with Crippen LogP contribution < -0.4 is 5.32 Å². The fourth-order valence-corrected chi connectivity index (χ4v) is 3.39. The minimum absolute atomic E-state index is 0.287. The van der Waals surface area contributed by atoms with Crippen molar-refractivity contribution in [2.24, 2.45) is 0 Å². The Morgan fingerprint density at radius 2 is 1.71 bits per heavy atom. The minimum atomic E-state index is -0.287. The number of nitrogens with one attached hydrogen (secondary N) is 1. The number of hydrogen-bond donors (Lipinski definition) is 1. The van der Waals surface area contributed by atoms with E-state index >= 15 is 0 Å². The summed E-state index contributed by atoms with van der Waals surface area (Å²) >= 11 is 9.82. The van der Waals surface area contributed by atoms with Crippen molar-refractivity contribution in [2.45, 2.75) is 13.0 Å². The molecule has 0 amide bonds. The molecule has 0 saturated heterocycles. The van der Waals surface area contributed by atoms with Crippen LogP contribution >= 0.6 is 27.5 Å². The van der Waals surface area contributed by atoms with Gasteiger partial charge < -0.3 is 9.73 Å². The van der Waals surface area contributed by atoms with Crippen molar-refractivity contribution in [2.75, 3.05) is 5.32 Å². The molecule has 4 aromatic rings. The van der Waals surface area contributed by atoms with Crippen molar-refractivity contribution in [3.05, 3.63) is 99.3 Å². The van der Waals surface area contributed by atoms with E-state index in [0.717, 1.165) is 21.3 Å². The van der Waals surface area contributed by atoms with E-state index in [4.69, 9.17) is 16.0 Å². The molecule has 0 bridgehead atoms. The highest BCUT2D eigenvalue weighted by atomic mass is 79.9. The molecule has 0 radical (unpaired) electrons. The Balaban J connectivity index is 1.72. The van der Waals surface area contributed by atoms with Gasteiger partial charge in [-0.3, -0.25) is 0 Å². The summed E-state index contributed by atoms with van der Waals surface area (Å²) in [6.45, 7) is 2.05. The number of aromatic nitrogens is 2. The lowest BCUT2D eigenvalue weighted by Gasteiger charge is -2.17. The fraction of sp³-hybridized carbons (Fsp3) is 0.0909. The highest BCUT2D eigenvalue weighted by molar-refractivity contribution is 9.10. The Morgan fingerprint density at radius 3 is 2.46 bits per heavy atom. The Bertz CT molecular complexity index is 1100. The summed E-state index contributed by atoms with van der Waals surface area (Å²) in [6, 6.07) is 23.3. The van der Waals surface area contributed by atoms with Gasteiger partial charge in [0.05, 0.1) is 10.6 Å². The molecule has 1 heterocycles. The topological polar surface area (TPSA) is 51.0 Å². The zero-order chi connectivity index (χ0) is 19.5. The van der Waals surface area contributed by atoms with Gasteiger partial charge >= 0.3 is 0 Å². The van der Waals surface area contributed by atoms with Gasteiger partial charge in [-0.25, -0.2) is 0 Å². The molecule has 6 heteroatoms. The summed E-state index contributed by atoms with van der Waals surface area (Å²) in [4.78, 5) is 0. The van der Waals surface area contributed by atoms with Gasteiger partial charge in [-0.05, 0) is 48.4 Å². The highest BCUT2D eigenvalue weighted by Gasteiger charge is 2.22. The third-order valence-electron chi connectivity index (χ3n) is 4.39. The quantitative estimate of drug-likeness (QED) is 0.366. The van der Waals surface area contributed by atoms with Crippen molar-refractivity contribution in [1.82, 2.24) is 10.2 Å². The van der Waals surface area contributed by atoms with Crippen LogP contribution in [0.1, 0.15) is 23.1 Å². The van der Waals surface area contributed by atoms with Gasteiger partial charge in [-0.15, -0.1) is 10.2 Å². The number of benzene rings is 3. The lowest BCUT2D eigenvalue weighted by atomic mass is 10.1. The minimum Gasteiger partial charge on any atom is -0.418 e. The molecule has 4 rings (SSSR count). The maximum Gasteiger partial charge on any atom is 0.249 e. The van der Waals surface area contributed by atoms with Crippen LogP contribution in [0.5, 0.6) is 0 Å². The molecule has 3 aromatic carbocycles. The van der Waals surface area contributed by atoms with Gasteiger partial charge in [0.2, 0.25) is 11.8 Å². The van der Waals surface area contributed by atoms with Crippen LogP contribution in [0.25, 0.3) is 11.5 Å². The third kappa shape index (κ3) is 3.96. The zero-order valence-electron chi connectivity index (χ0n) is 15.1. The first-order chi connectivity index (χ1) is 13.6. The SMILES string of the molecule is Cc1cc(NC(c2ccccc2)c2nnc(-c3ccccc3Cl)o2)ccc1Br. The van der Waals surface area contributed by atoms with Gasteiger partial charge in [0, 0.05) is 10.2 Å². The van der Waals surface area contributed by atoms with E-state index in [1.165, 1.54) is 0 Å². The molecule has 0 fully saturated rings. The standard InChI is InChI=1S/C22H17BrClN3O/c1-14-13-16(11-12-18(14)23)25-20(15-7-3-2-4-8-15)22-27-26-21(28-22)17-9-5-6-10-19(17)24/h2-13,20,25H,1H3. The molecule has 1 unspecified atom stereocenters. The van der Waals surface area contributed by atoms with Crippen LogP contribution in [-0.2, 0) is 0 Å². The summed E-state index contributed by atoms with van der Waals surface area (Å²) in [5.74, 6) is 0.872. The monoisotopic (exact) mass is 453 g/mol. The van der Waals surface area contributed by atoms with Crippen LogP contribution in [0.15, 0.2) is 81.7 Å². The second-order valence-corrected chi connectivity index (χ2v) is 7.64. The van der Waals surface area contributed by atoms with E-state index in [1.54, 1.807) is 6.07 Å². The van der Waals surface area contributed by atoms with E-state index in [1.807, 2.05) is 60.7 Å². The van der Waals surface area contributed by atoms with Gasteiger partial charge in [0.1, 0.15) is 6.04 Å². The van der Waals surface area contributed by atoms with E-state index in [2.05, 4.69) is 44.4 Å². The largest absolute Gasteiger partial charge is 0.418 e. The molecule has 0 aliphatic carbocycles. The molecule has 0 aliphatic heterocycles. The van der Waals surface area contributed by atoms with Crippen molar-refractivity contribution < 1.29 is 4.42 Å². The lowest BCUT2D eigenvalue weighted by molar-refractivity contribution is 0.494. The van der Waals surface area contributed by atoms with E-state index in [-0.39, 0.29) is 6.04 Å². The first kappa shape index (κ1) is 18.7. The number of halogens is 2. The maximum absolute atomic E-state index is 6.28. The molecular formula is C22H17BrClN3O. The molecule has 140 valence electrons. The first-order valence-corrected chi connectivity index (χ1v) is 9.95. The van der Waals surface area contributed by atoms with Crippen LogP contribution in [0.4, 0.5) is 5.69 Å². The summed E-state index contributed by atoms with van der Waals surface area (Å²) in [5.41, 5.74) is 3.85. The Morgan fingerprint density at radius 1 is 0.964 bits per heavy atom. The van der Waals surface area contributed by atoms with Crippen molar-refractivity contribution >= 4 is 33.2 Å². The average molecular weight is 455 g/mol. The number of aryl methyl sites for hydroxylation is 1. The van der Waals surface area contributed by atoms with Crippen LogP contribution in [0.2, 0.25) is 5.02 Å². The molecule has 28 heavy (non-hydrogen) atoms. The average Bonchev–Trinajstić information content (AvgIpc) is 3.19. The summed E-state index contributed by atoms with van der Waals surface area (Å²) in [5, 5.41) is 12.6. The molecule has 1 atom stereocenters. The third-order valence-corrected chi connectivity index (χ3v) is 5.61. The van der Waals surface area contributed by atoms with Crippen LogP contribution in [0.3, 0.4) is 0 Å². The number of anilines is 1. The highest BCUT2D eigenvalue weighted by Crippen LogP contribution is 2.31. The molecule has 0 saturated carbocycles. The van der Waals surface area contributed by atoms with Gasteiger partial charge in [0.15, 0.2) is 0 Å². The molecule has 1 aromatic heterocycles. The second kappa shape index (κ2) is 8.17. The van der Waals surface area contributed by atoms with Crippen LogP contribution in [-0.4, -0.2) is 10.2 Å². The molecule has 0 aliphatic rings. The Kier molecular flexibility index (Phi) is 5.46. The Labute approximate surface area is 176 Å². The molecule has 4 nitrogen and oxygen atoms in total. The number of rotatable bonds is 5. The predicted octanol–water partition coefficient (Wildman–Crippen LogP) is 6.66. The smallest absolute Gasteiger partial charge is 0.249 e. The van der Waals surface area contributed by atoms with Gasteiger partial charge in [-0.1, -0.05) is 70.0 Å². The predicted molar refractivity (Wildman–Crippen MR) is 116 cm³/mol. The van der Waals surface area contributed by atoms with Gasteiger partial charge in [-0.2, -0.15) is 0 Å². The van der Waals surface area contributed by atoms with E-state index in [0.29, 0.717) is 22.4 Å². The van der Waals surface area contributed by atoms with Crippen molar-refractivity contribution in [1.29, 1.82) is 0 Å². The Hall–Kier alpha value is -2.63. The number of nitrogens with zero attached hydrogens (tertiary/aromatic N) is 2. The lowest BCUT2D eigenvalue weighted by Crippen LogP contribution is -2.13. The van der Waals surface area contributed by atoms with E-state index in [9.17, 15) is 0 Å². The normalized spacial score (nSPS) is 12.0. The zero-order valence-corrected chi connectivity index (χ0v) is 17.4. The van der Waals surface area contributed by atoms with Crippen molar-refractivity contribution in [3.8, 4) is 11.5 Å². The van der Waals surface area contributed by atoms with Crippen LogP contribution in [0, 0.1) is 6.92 Å². The summed E-state index contributed by atoms with van der Waals surface area (Å²) < 4.78 is 7.08. The summed E-state index contributed by atoms with van der Waals surface area (Å²) in [6.07, 6.45) is 0. The fourth-order valence-electron chi connectivity index (χ4n) is 2.93. The van der Waals surface area contributed by atoms with E-state index < -0.39 is 0 Å². The first-order valence-electron chi connectivity index (χ1n) is 8.78. The molecule has 0 spiro atoms. The van der Waals surface area contributed by atoms with Crippen molar-refractivity contribution in [3.63, 3.8) is 0 Å².